The molecule has 0 saturated carbocycles. The van der Waals surface area contributed by atoms with E-state index in [0.29, 0.717) is 5.56 Å². The molecule has 3 aromatic rings. The summed E-state index contributed by atoms with van der Waals surface area (Å²) in [5.41, 5.74) is 4.00. The van der Waals surface area contributed by atoms with Crippen molar-refractivity contribution in [3.8, 4) is 22.9 Å². The molecule has 35 heavy (non-hydrogen) atoms. The monoisotopic (exact) mass is 477 g/mol. The van der Waals surface area contributed by atoms with Crippen LogP contribution in [0.25, 0.3) is 16.8 Å². The van der Waals surface area contributed by atoms with Gasteiger partial charge in [-0.3, -0.25) is 5.32 Å². The van der Waals surface area contributed by atoms with Gasteiger partial charge in [-0.05, 0) is 59.4 Å². The highest BCUT2D eigenvalue weighted by Crippen LogP contribution is 2.29. The van der Waals surface area contributed by atoms with Gasteiger partial charge < -0.3 is 25.0 Å². The molecule has 4 unspecified atom stereocenters. The molecular weight excluding hydrogens is 442 g/mol. The summed E-state index contributed by atoms with van der Waals surface area (Å²) in [6.45, 7) is 7.58. The van der Waals surface area contributed by atoms with Crippen LogP contribution in [-0.4, -0.2) is 49.7 Å². The topological polar surface area (TPSA) is 122 Å². The molecule has 0 saturated heterocycles. The van der Waals surface area contributed by atoms with Crippen LogP contribution in [0.4, 0.5) is 0 Å². The van der Waals surface area contributed by atoms with Crippen molar-refractivity contribution in [2.45, 2.75) is 64.7 Å². The summed E-state index contributed by atoms with van der Waals surface area (Å²) in [6.07, 6.45) is 0.279. The third-order valence-electron chi connectivity index (χ3n) is 6.27. The van der Waals surface area contributed by atoms with Gasteiger partial charge in [0, 0.05) is 36.5 Å². The Morgan fingerprint density at radius 1 is 0.914 bits per heavy atom. The number of hydrogen-bond donors (Lipinski definition) is 5. The maximum absolute atomic E-state index is 11.0. The van der Waals surface area contributed by atoms with Crippen molar-refractivity contribution < 1.29 is 20.4 Å². The Hall–Kier alpha value is -2.99. The normalized spacial score (nSPS) is 15.4. The van der Waals surface area contributed by atoms with Crippen LogP contribution in [0.1, 0.15) is 51.2 Å². The van der Waals surface area contributed by atoms with Gasteiger partial charge in [0.15, 0.2) is 6.29 Å². The van der Waals surface area contributed by atoms with Crippen molar-refractivity contribution in [3.05, 3.63) is 78.1 Å². The molecule has 2 aromatic carbocycles. The van der Waals surface area contributed by atoms with Crippen molar-refractivity contribution in [1.29, 1.82) is 5.26 Å². The number of aromatic nitrogens is 1. The quantitative estimate of drug-likeness (QED) is 0.301. The Bertz CT molecular complexity index is 1120. The van der Waals surface area contributed by atoms with Crippen molar-refractivity contribution >= 4 is 0 Å². The van der Waals surface area contributed by atoms with Crippen LogP contribution < -0.4 is 5.32 Å². The van der Waals surface area contributed by atoms with Crippen molar-refractivity contribution in [2.24, 2.45) is 5.41 Å². The van der Waals surface area contributed by atoms with E-state index in [1.54, 1.807) is 19.1 Å². The molecule has 0 radical (unpaired) electrons. The van der Waals surface area contributed by atoms with E-state index in [1.165, 1.54) is 0 Å². The Morgan fingerprint density at radius 3 is 1.97 bits per heavy atom. The summed E-state index contributed by atoms with van der Waals surface area (Å²) in [5, 5.41) is 52.6. The van der Waals surface area contributed by atoms with Gasteiger partial charge in [-0.1, -0.05) is 45.0 Å². The van der Waals surface area contributed by atoms with Crippen LogP contribution in [0.5, 0.6) is 0 Å². The Morgan fingerprint density at radius 2 is 1.49 bits per heavy atom. The molecule has 7 heteroatoms. The van der Waals surface area contributed by atoms with Crippen LogP contribution in [-0.2, 0) is 0 Å². The summed E-state index contributed by atoms with van der Waals surface area (Å²) in [4.78, 5) is 0. The second kappa shape index (κ2) is 11.2. The van der Waals surface area contributed by atoms with Gasteiger partial charge in [-0.25, -0.2) is 0 Å². The lowest BCUT2D eigenvalue weighted by molar-refractivity contribution is -0.0657. The first-order valence-corrected chi connectivity index (χ1v) is 11.8. The molecule has 0 aliphatic rings. The molecule has 3 rings (SSSR count). The lowest BCUT2D eigenvalue weighted by Crippen LogP contribution is -2.53. The third-order valence-corrected chi connectivity index (χ3v) is 6.27. The summed E-state index contributed by atoms with van der Waals surface area (Å²) in [6, 6.07) is 18.9. The van der Waals surface area contributed by atoms with Crippen molar-refractivity contribution in [1.82, 2.24) is 9.88 Å². The Balaban J connectivity index is 1.81. The highest BCUT2D eigenvalue weighted by molar-refractivity contribution is 5.65. The van der Waals surface area contributed by atoms with Gasteiger partial charge in [0.05, 0.1) is 17.7 Å². The van der Waals surface area contributed by atoms with E-state index in [0.717, 1.165) is 22.4 Å². The van der Waals surface area contributed by atoms with E-state index in [4.69, 9.17) is 5.26 Å². The van der Waals surface area contributed by atoms with Crippen LogP contribution >= 0.6 is 0 Å². The molecule has 1 aromatic heterocycles. The molecule has 0 fully saturated rings. The first kappa shape index (κ1) is 26.6. The Labute approximate surface area is 206 Å². The molecule has 0 bridgehead atoms. The fraction of sp³-hybridized carbons (Fsp3) is 0.393. The molecule has 4 atom stereocenters. The Kier molecular flexibility index (Phi) is 8.49. The lowest BCUT2D eigenvalue weighted by Gasteiger charge is -2.37. The molecule has 5 N–H and O–H groups in total. The van der Waals surface area contributed by atoms with E-state index >= 15 is 0 Å². The first-order chi connectivity index (χ1) is 16.5. The van der Waals surface area contributed by atoms with Gasteiger partial charge in [0.25, 0.3) is 0 Å². The average molecular weight is 478 g/mol. The van der Waals surface area contributed by atoms with E-state index in [1.807, 2.05) is 80.2 Å². The minimum Gasteiger partial charge on any atom is -0.392 e. The summed E-state index contributed by atoms with van der Waals surface area (Å²) >= 11 is 0. The van der Waals surface area contributed by atoms with E-state index in [-0.39, 0.29) is 11.8 Å². The number of nitrogens with one attached hydrogen (secondary N) is 1. The summed E-state index contributed by atoms with van der Waals surface area (Å²) in [7, 11) is 0. The summed E-state index contributed by atoms with van der Waals surface area (Å²) in [5.74, 6) is -0.599. The van der Waals surface area contributed by atoms with Crippen molar-refractivity contribution in [2.75, 3.05) is 0 Å². The minimum atomic E-state index is -1.59. The van der Waals surface area contributed by atoms with E-state index in [9.17, 15) is 20.4 Å². The standard InChI is InChI=1S/C28H35N3O4/c1-18(32)26(28(2,3)4)30-27(35)24(15-25(33)34)22-13-14-31(17-22)23-11-9-21(10-12-23)20-7-5-19(16-29)6-8-20/h5-14,17-18,24-27,30,32-35H,15H2,1-4H3. The van der Waals surface area contributed by atoms with Gasteiger partial charge in [-0.2, -0.15) is 5.26 Å². The van der Waals surface area contributed by atoms with Crippen LogP contribution in [0.2, 0.25) is 0 Å². The van der Waals surface area contributed by atoms with Gasteiger partial charge in [0.1, 0.15) is 6.23 Å². The molecule has 0 aliphatic heterocycles. The molecule has 186 valence electrons. The van der Waals surface area contributed by atoms with Gasteiger partial charge in [-0.15, -0.1) is 0 Å². The van der Waals surface area contributed by atoms with Gasteiger partial charge >= 0.3 is 0 Å². The maximum atomic E-state index is 11.0. The fourth-order valence-corrected chi connectivity index (χ4v) is 4.44. The number of nitriles is 1. The predicted octanol–water partition coefficient (Wildman–Crippen LogP) is 3.50. The maximum Gasteiger partial charge on any atom is 0.152 e. The fourth-order valence-electron chi connectivity index (χ4n) is 4.44. The molecular formula is C28H35N3O4. The lowest BCUT2D eigenvalue weighted by atomic mass is 9.83. The molecule has 0 amide bonds. The van der Waals surface area contributed by atoms with Crippen LogP contribution in [0, 0.1) is 16.7 Å². The number of aliphatic hydroxyl groups excluding tert-OH is 3. The number of rotatable bonds is 9. The minimum absolute atomic E-state index is 0.0630. The van der Waals surface area contributed by atoms with Crippen LogP contribution in [0.3, 0.4) is 0 Å². The first-order valence-electron chi connectivity index (χ1n) is 11.8. The number of hydrogen-bond acceptors (Lipinski definition) is 6. The number of nitrogens with zero attached hydrogens (tertiary/aromatic N) is 2. The smallest absolute Gasteiger partial charge is 0.152 e. The summed E-state index contributed by atoms with van der Waals surface area (Å²) < 4.78 is 1.91. The number of benzene rings is 2. The van der Waals surface area contributed by atoms with Crippen molar-refractivity contribution in [3.63, 3.8) is 0 Å². The second-order valence-corrected chi connectivity index (χ2v) is 10.1. The highest BCUT2D eigenvalue weighted by Gasteiger charge is 2.33. The average Bonchev–Trinajstić information content (AvgIpc) is 3.30. The van der Waals surface area contributed by atoms with E-state index < -0.39 is 30.6 Å². The zero-order valence-electron chi connectivity index (χ0n) is 20.6. The van der Waals surface area contributed by atoms with Gasteiger partial charge in [0.2, 0.25) is 0 Å². The zero-order valence-corrected chi connectivity index (χ0v) is 20.6. The third kappa shape index (κ3) is 6.79. The van der Waals surface area contributed by atoms with E-state index in [2.05, 4.69) is 11.4 Å². The number of aliphatic hydroxyl groups is 4. The highest BCUT2D eigenvalue weighted by atomic mass is 16.5. The molecule has 0 spiro atoms. The SMILES string of the molecule is CC(O)C(NC(O)C(CC(O)O)c1ccn(-c2ccc(-c3ccc(C#N)cc3)cc2)c1)C(C)(C)C. The van der Waals surface area contributed by atoms with Crippen LogP contribution in [0.15, 0.2) is 67.0 Å². The second-order valence-electron chi connectivity index (χ2n) is 10.1. The zero-order chi connectivity index (χ0) is 25.8. The molecule has 1 heterocycles. The molecule has 0 aliphatic carbocycles. The predicted molar refractivity (Wildman–Crippen MR) is 136 cm³/mol. The molecule has 7 nitrogen and oxygen atoms in total. The largest absolute Gasteiger partial charge is 0.392 e.